The van der Waals surface area contributed by atoms with E-state index in [4.69, 9.17) is 5.11 Å². The van der Waals surface area contributed by atoms with Gasteiger partial charge >= 0.3 is 5.97 Å². The molecule has 6 heteroatoms. The number of tetrazole rings is 1. The van der Waals surface area contributed by atoms with E-state index in [1.165, 1.54) is 0 Å². The van der Waals surface area contributed by atoms with E-state index in [1.807, 2.05) is 0 Å². The summed E-state index contributed by atoms with van der Waals surface area (Å²) in [7, 11) is 0. The highest BCUT2D eigenvalue weighted by Gasteiger charge is 2.25. The Labute approximate surface area is 107 Å². The zero-order valence-corrected chi connectivity index (χ0v) is 11.6. The number of carbonyl (C=O) groups is 1. The van der Waals surface area contributed by atoms with Crippen molar-refractivity contribution in [2.24, 2.45) is 5.41 Å². The molecule has 1 atom stereocenters. The van der Waals surface area contributed by atoms with Crippen molar-refractivity contribution in [3.63, 3.8) is 0 Å². The standard InChI is InChI=1S/C12H22N4O2/c1-5-6-10-13-14-15-16(10)9(7-11(17)18)8-12(2,3)4/h9H,5-8H2,1-4H3,(H,17,18). The molecule has 0 aromatic carbocycles. The summed E-state index contributed by atoms with van der Waals surface area (Å²) in [5.41, 5.74) is 0.0373. The molecule has 0 bridgehead atoms. The highest BCUT2D eigenvalue weighted by molar-refractivity contribution is 5.67. The molecule has 1 heterocycles. The first kappa shape index (κ1) is 14.6. The first-order valence-corrected chi connectivity index (χ1v) is 6.32. The summed E-state index contributed by atoms with van der Waals surface area (Å²) in [6, 6.07) is -0.181. The number of aliphatic carboxylic acids is 1. The predicted molar refractivity (Wildman–Crippen MR) is 67.2 cm³/mol. The van der Waals surface area contributed by atoms with Crippen molar-refractivity contribution < 1.29 is 9.90 Å². The summed E-state index contributed by atoms with van der Waals surface area (Å²) < 4.78 is 1.68. The maximum Gasteiger partial charge on any atom is 0.305 e. The number of rotatable bonds is 6. The first-order valence-electron chi connectivity index (χ1n) is 6.32. The second-order valence-electron chi connectivity index (χ2n) is 5.81. The van der Waals surface area contributed by atoms with E-state index in [0.717, 1.165) is 25.1 Å². The third-order valence-corrected chi connectivity index (χ3v) is 2.64. The fourth-order valence-corrected chi connectivity index (χ4v) is 2.04. The van der Waals surface area contributed by atoms with Gasteiger partial charge in [0, 0.05) is 6.42 Å². The van der Waals surface area contributed by atoms with E-state index in [-0.39, 0.29) is 17.9 Å². The van der Waals surface area contributed by atoms with E-state index in [9.17, 15) is 4.79 Å². The van der Waals surface area contributed by atoms with Crippen LogP contribution in [0.2, 0.25) is 0 Å². The molecular weight excluding hydrogens is 232 g/mol. The number of carboxylic acid groups (broad SMARTS) is 1. The quantitative estimate of drug-likeness (QED) is 0.840. The van der Waals surface area contributed by atoms with Crippen LogP contribution in [0.25, 0.3) is 0 Å². The summed E-state index contributed by atoms with van der Waals surface area (Å²) in [5.74, 6) is -0.0461. The lowest BCUT2D eigenvalue weighted by atomic mass is 9.87. The van der Waals surface area contributed by atoms with Crippen LogP contribution < -0.4 is 0 Å². The minimum Gasteiger partial charge on any atom is -0.481 e. The van der Waals surface area contributed by atoms with Crippen LogP contribution in [0, 0.1) is 5.41 Å². The molecule has 1 N–H and O–H groups in total. The molecule has 0 radical (unpaired) electrons. The predicted octanol–water partition coefficient (Wildman–Crippen LogP) is 2.08. The van der Waals surface area contributed by atoms with E-state index >= 15 is 0 Å². The van der Waals surface area contributed by atoms with Gasteiger partial charge in [-0.1, -0.05) is 27.7 Å². The Morgan fingerprint density at radius 2 is 2.11 bits per heavy atom. The lowest BCUT2D eigenvalue weighted by Crippen LogP contribution is -2.23. The molecule has 0 aliphatic heterocycles. The lowest BCUT2D eigenvalue weighted by Gasteiger charge is -2.25. The third-order valence-electron chi connectivity index (χ3n) is 2.64. The number of aryl methyl sites for hydroxylation is 1. The molecular formula is C12H22N4O2. The molecule has 18 heavy (non-hydrogen) atoms. The second-order valence-corrected chi connectivity index (χ2v) is 5.81. The Kier molecular flexibility index (Phi) is 4.81. The topological polar surface area (TPSA) is 80.9 Å². The van der Waals surface area contributed by atoms with Crippen LogP contribution >= 0.6 is 0 Å². The van der Waals surface area contributed by atoms with Crippen LogP contribution in [0.5, 0.6) is 0 Å². The number of carboxylic acids is 1. The molecule has 0 aliphatic carbocycles. The normalized spacial score (nSPS) is 13.6. The number of hydrogen-bond acceptors (Lipinski definition) is 4. The van der Waals surface area contributed by atoms with Crippen LogP contribution in [0.3, 0.4) is 0 Å². The molecule has 0 spiro atoms. The van der Waals surface area contributed by atoms with Crippen molar-refractivity contribution in [1.82, 2.24) is 20.2 Å². The first-order chi connectivity index (χ1) is 8.33. The molecule has 0 saturated heterocycles. The molecule has 6 nitrogen and oxygen atoms in total. The van der Waals surface area contributed by atoms with Gasteiger partial charge in [-0.2, -0.15) is 0 Å². The van der Waals surface area contributed by atoms with E-state index < -0.39 is 5.97 Å². The Bertz CT molecular complexity index is 395. The molecule has 1 unspecified atom stereocenters. The van der Waals surface area contributed by atoms with Gasteiger partial charge in [-0.15, -0.1) is 5.10 Å². The van der Waals surface area contributed by atoms with Crippen molar-refractivity contribution in [1.29, 1.82) is 0 Å². The van der Waals surface area contributed by atoms with Crippen LogP contribution in [0.15, 0.2) is 0 Å². The summed E-state index contributed by atoms with van der Waals surface area (Å²) >= 11 is 0. The average molecular weight is 254 g/mol. The second kappa shape index (κ2) is 5.93. The zero-order chi connectivity index (χ0) is 13.8. The molecule has 0 saturated carbocycles. The molecule has 102 valence electrons. The SMILES string of the molecule is CCCc1nnnn1C(CC(=O)O)CC(C)(C)C. The fraction of sp³-hybridized carbons (Fsp3) is 0.833. The van der Waals surface area contributed by atoms with Crippen molar-refractivity contribution in [2.45, 2.75) is 59.4 Å². The number of hydrogen-bond donors (Lipinski definition) is 1. The Morgan fingerprint density at radius 1 is 1.44 bits per heavy atom. The largest absolute Gasteiger partial charge is 0.481 e. The van der Waals surface area contributed by atoms with Crippen molar-refractivity contribution in [3.8, 4) is 0 Å². The molecule has 1 aromatic heterocycles. The van der Waals surface area contributed by atoms with Crippen molar-refractivity contribution in [3.05, 3.63) is 5.82 Å². The molecule has 0 fully saturated rings. The minimum absolute atomic E-state index is 0.0373. The molecule has 1 aromatic rings. The van der Waals surface area contributed by atoms with Gasteiger partial charge in [0.2, 0.25) is 0 Å². The summed E-state index contributed by atoms with van der Waals surface area (Å²) in [6.07, 6.45) is 2.50. The highest BCUT2D eigenvalue weighted by Crippen LogP contribution is 2.29. The van der Waals surface area contributed by atoms with Gasteiger partial charge in [0.1, 0.15) is 0 Å². The van der Waals surface area contributed by atoms with Crippen LogP contribution in [0.1, 0.15) is 58.8 Å². The van der Waals surface area contributed by atoms with E-state index in [0.29, 0.717) is 0 Å². The Balaban J connectivity index is 2.93. The van der Waals surface area contributed by atoms with Crippen LogP contribution in [-0.4, -0.2) is 31.3 Å². The number of aromatic nitrogens is 4. The van der Waals surface area contributed by atoms with Crippen molar-refractivity contribution >= 4 is 5.97 Å². The van der Waals surface area contributed by atoms with Crippen LogP contribution in [0.4, 0.5) is 0 Å². The summed E-state index contributed by atoms with van der Waals surface area (Å²) in [5, 5.41) is 20.6. The van der Waals surface area contributed by atoms with Crippen LogP contribution in [-0.2, 0) is 11.2 Å². The summed E-state index contributed by atoms with van der Waals surface area (Å²) in [4.78, 5) is 11.0. The Morgan fingerprint density at radius 3 is 2.61 bits per heavy atom. The molecule has 0 aliphatic rings. The maximum atomic E-state index is 11.0. The Hall–Kier alpha value is -1.46. The van der Waals surface area contributed by atoms with Crippen molar-refractivity contribution in [2.75, 3.05) is 0 Å². The van der Waals surface area contributed by atoms with Gasteiger partial charge in [-0.25, -0.2) is 4.68 Å². The fourth-order valence-electron chi connectivity index (χ4n) is 2.04. The smallest absolute Gasteiger partial charge is 0.305 e. The highest BCUT2D eigenvalue weighted by atomic mass is 16.4. The summed E-state index contributed by atoms with van der Waals surface area (Å²) in [6.45, 7) is 8.32. The monoisotopic (exact) mass is 254 g/mol. The van der Waals surface area contributed by atoms with Gasteiger partial charge in [0.25, 0.3) is 0 Å². The lowest BCUT2D eigenvalue weighted by molar-refractivity contribution is -0.138. The van der Waals surface area contributed by atoms with E-state index in [1.54, 1.807) is 4.68 Å². The minimum atomic E-state index is -0.817. The molecule has 0 amide bonds. The maximum absolute atomic E-state index is 11.0. The van der Waals surface area contributed by atoms with Gasteiger partial charge in [0.05, 0.1) is 12.5 Å². The average Bonchev–Trinajstić information content (AvgIpc) is 2.62. The van der Waals surface area contributed by atoms with Gasteiger partial charge < -0.3 is 5.11 Å². The van der Waals surface area contributed by atoms with Gasteiger partial charge in [-0.05, 0) is 28.7 Å². The number of nitrogens with zero attached hydrogens (tertiary/aromatic N) is 4. The van der Waals surface area contributed by atoms with Gasteiger partial charge in [-0.3, -0.25) is 4.79 Å². The molecule has 1 rings (SSSR count). The third kappa shape index (κ3) is 4.43. The van der Waals surface area contributed by atoms with E-state index in [2.05, 4.69) is 43.2 Å². The van der Waals surface area contributed by atoms with Gasteiger partial charge in [0.15, 0.2) is 5.82 Å². The zero-order valence-electron chi connectivity index (χ0n) is 11.6.